The third-order valence-corrected chi connectivity index (χ3v) is 17.9. The maximum Gasteiger partial charge on any atom is 0.409 e. The van der Waals surface area contributed by atoms with E-state index in [0.29, 0.717) is 72.6 Å². The molecule has 0 radical (unpaired) electrons. The molecule has 5 atom stereocenters. The van der Waals surface area contributed by atoms with Gasteiger partial charge in [-0.1, -0.05) is 42.3 Å². The normalized spacial score (nSPS) is 25.6. The van der Waals surface area contributed by atoms with E-state index in [1.165, 1.54) is 6.07 Å². The van der Waals surface area contributed by atoms with Crippen molar-refractivity contribution in [1.29, 1.82) is 0 Å². The molecule has 2 aromatic heterocycles. The van der Waals surface area contributed by atoms with Crippen molar-refractivity contribution in [2.75, 3.05) is 88.5 Å². The van der Waals surface area contributed by atoms with Crippen LogP contribution in [0.2, 0.25) is 0 Å². The summed E-state index contributed by atoms with van der Waals surface area (Å²) in [4.78, 5) is 90.9. The molecule has 79 heavy (non-hydrogen) atoms. The minimum atomic E-state index is -1.00. The van der Waals surface area contributed by atoms with Gasteiger partial charge in [-0.05, 0) is 86.9 Å². The van der Waals surface area contributed by atoms with Crippen LogP contribution in [0.3, 0.4) is 0 Å². The van der Waals surface area contributed by atoms with Crippen LogP contribution >= 0.6 is 0 Å². The SMILES string of the molecule is C#Cc1c(F)ccc2cccc(-c3ncc4c(N5C[C@H]6CC[C@@H](C5)N6)nc(OC[C@@]56CC[C@@H](COC(=O)N7CCC(CN8CCN(c9ccc%10c(c9)C(=O)N(C9CCC(=O)NC9=O)C%10=O)CC8)CC7)N5CC(=C)C6)nc4c3F)c12. The van der Waals surface area contributed by atoms with Crippen LogP contribution in [0.1, 0.15) is 84.1 Å². The van der Waals surface area contributed by atoms with Crippen molar-refractivity contribution < 1.29 is 42.2 Å². The summed E-state index contributed by atoms with van der Waals surface area (Å²) in [7, 11) is 0. The number of benzene rings is 3. The fraction of sp³-hybridized carbons (Fsp3) is 0.458. The number of hydrogen-bond donors (Lipinski definition) is 2. The van der Waals surface area contributed by atoms with Gasteiger partial charge < -0.3 is 29.5 Å². The summed E-state index contributed by atoms with van der Waals surface area (Å²) in [5.74, 6) is 0.107. The van der Waals surface area contributed by atoms with Crippen molar-refractivity contribution in [2.45, 2.75) is 87.5 Å². The van der Waals surface area contributed by atoms with Gasteiger partial charge in [0.15, 0.2) is 5.82 Å². The van der Waals surface area contributed by atoms with Crippen LogP contribution in [0, 0.1) is 29.9 Å². The number of rotatable bonds is 11. The molecule has 0 aliphatic carbocycles. The number of aromatic nitrogens is 3. The molecule has 10 heterocycles. The van der Waals surface area contributed by atoms with Crippen LogP contribution < -0.4 is 25.2 Å². The first-order valence-corrected chi connectivity index (χ1v) is 27.7. The lowest BCUT2D eigenvalue weighted by molar-refractivity contribution is -0.136. The highest BCUT2D eigenvalue weighted by molar-refractivity contribution is 6.23. The van der Waals surface area contributed by atoms with Gasteiger partial charge in [0.05, 0.1) is 27.6 Å². The Morgan fingerprint density at radius 2 is 1.66 bits per heavy atom. The zero-order valence-corrected chi connectivity index (χ0v) is 43.9. The van der Waals surface area contributed by atoms with Crippen molar-refractivity contribution in [2.24, 2.45) is 5.92 Å². The van der Waals surface area contributed by atoms with Gasteiger partial charge in [-0.3, -0.25) is 44.2 Å². The van der Waals surface area contributed by atoms with Crippen LogP contribution in [0.4, 0.5) is 25.1 Å². The largest absolute Gasteiger partial charge is 0.461 e. The fourth-order valence-electron chi connectivity index (χ4n) is 13.9. The quantitative estimate of drug-likeness (QED) is 0.0938. The number of hydrogen-bond acceptors (Lipinski definition) is 15. The fourth-order valence-corrected chi connectivity index (χ4v) is 13.9. The number of pyridine rings is 1. The zero-order valence-electron chi connectivity index (χ0n) is 43.9. The molecule has 2 bridgehead atoms. The number of anilines is 2. The highest BCUT2D eigenvalue weighted by Crippen LogP contribution is 2.45. The van der Waals surface area contributed by atoms with Crippen molar-refractivity contribution in [3.63, 3.8) is 0 Å². The minimum absolute atomic E-state index is 0.00258. The third-order valence-electron chi connectivity index (χ3n) is 17.9. The van der Waals surface area contributed by atoms with Gasteiger partial charge in [-0.15, -0.1) is 6.42 Å². The third kappa shape index (κ3) is 9.18. The summed E-state index contributed by atoms with van der Waals surface area (Å²) in [5.41, 5.74) is 2.43. The van der Waals surface area contributed by atoms with E-state index in [4.69, 9.17) is 25.9 Å². The zero-order chi connectivity index (χ0) is 54.3. The van der Waals surface area contributed by atoms with Gasteiger partial charge in [0.1, 0.15) is 42.1 Å². The maximum atomic E-state index is 17.3. The summed E-state index contributed by atoms with van der Waals surface area (Å²) < 4.78 is 45.0. The van der Waals surface area contributed by atoms with Gasteiger partial charge in [-0.25, -0.2) is 13.6 Å². The Balaban J connectivity index is 0.627. The second-order valence-corrected chi connectivity index (χ2v) is 22.8. The average molecular weight is 1070 g/mol. The standard InChI is InChI=1S/C59H61F2N11O7/c1-3-41-46(60)12-7-36-5-4-6-43(49(36)41)51-50(61)52-45(27-62-51)53(70-30-37-8-9-38(31-70)63-37)66-57(65-52)79-33-59-18-15-40(71(59)28-34(2)26-59)32-78-58(77)69-19-16-35(17-20-69)29-67-21-23-68(24-22-67)39-10-11-42-44(25-39)56(76)72(55(42)75)47-13-14-48(73)64-54(47)74/h1,4-7,10-12,25,27,35,37-38,40,47,63H,2,8-9,13-24,26,28-33H2,(H,64,73,74)/t37-,38+,40-,47?,59-/m0/s1. The molecule has 8 aliphatic heterocycles. The van der Waals surface area contributed by atoms with Gasteiger partial charge in [0.25, 0.3) is 11.8 Å². The second kappa shape index (κ2) is 20.2. The smallest absolute Gasteiger partial charge is 0.409 e. The van der Waals surface area contributed by atoms with E-state index in [0.717, 1.165) is 87.4 Å². The lowest BCUT2D eigenvalue weighted by atomic mass is 9.94. The number of fused-ring (bicyclic) bond motifs is 6. The monoisotopic (exact) mass is 1070 g/mol. The van der Waals surface area contributed by atoms with Crippen molar-refractivity contribution >= 4 is 62.9 Å². The number of carbonyl (C=O) groups is 5. The number of nitrogens with zero attached hydrogens (tertiary/aromatic N) is 9. The Hall–Kier alpha value is -7.60. The molecule has 7 fully saturated rings. The van der Waals surface area contributed by atoms with E-state index in [2.05, 4.69) is 47.7 Å². The molecule has 2 N–H and O–H groups in total. The predicted molar refractivity (Wildman–Crippen MR) is 289 cm³/mol. The molecule has 5 amide bonds. The van der Waals surface area contributed by atoms with Crippen LogP contribution in [0.15, 0.2) is 66.9 Å². The Kier molecular flexibility index (Phi) is 13.0. The molecule has 20 heteroatoms. The number of terminal acetylenes is 1. The van der Waals surface area contributed by atoms with Crippen LogP contribution in [-0.2, 0) is 14.3 Å². The lowest BCUT2D eigenvalue weighted by Crippen LogP contribution is -2.54. The van der Waals surface area contributed by atoms with Gasteiger partial charge >= 0.3 is 12.1 Å². The number of likely N-dealkylation sites (tertiary alicyclic amines) is 1. The Labute approximate surface area is 455 Å². The Morgan fingerprint density at radius 3 is 2.43 bits per heavy atom. The molecule has 3 aromatic carbocycles. The van der Waals surface area contributed by atoms with E-state index in [1.807, 2.05) is 11.0 Å². The van der Waals surface area contributed by atoms with Gasteiger partial charge in [0, 0.05) is 113 Å². The van der Waals surface area contributed by atoms with Crippen molar-refractivity contribution in [3.8, 4) is 29.6 Å². The van der Waals surface area contributed by atoms with Crippen LogP contribution in [0.5, 0.6) is 6.01 Å². The van der Waals surface area contributed by atoms with E-state index in [1.54, 1.807) is 42.6 Å². The molecule has 0 saturated carbocycles. The summed E-state index contributed by atoms with van der Waals surface area (Å²) in [6, 6.07) is 13.0. The first kappa shape index (κ1) is 50.9. The van der Waals surface area contributed by atoms with Gasteiger partial charge in [-0.2, -0.15) is 9.97 Å². The topological polar surface area (TPSA) is 186 Å². The summed E-state index contributed by atoms with van der Waals surface area (Å²) >= 11 is 0. The number of amides is 5. The number of nitrogens with one attached hydrogen (secondary N) is 2. The van der Waals surface area contributed by atoms with E-state index in [9.17, 15) is 24.0 Å². The van der Waals surface area contributed by atoms with Crippen molar-refractivity contribution in [3.05, 3.63) is 95.2 Å². The summed E-state index contributed by atoms with van der Waals surface area (Å²) in [6.07, 6.45) is 13.3. The van der Waals surface area contributed by atoms with E-state index >= 15 is 8.78 Å². The highest BCUT2D eigenvalue weighted by Gasteiger charge is 2.52. The summed E-state index contributed by atoms with van der Waals surface area (Å²) in [5, 5.41) is 7.41. The Morgan fingerprint density at radius 1 is 0.873 bits per heavy atom. The molecule has 1 unspecified atom stereocenters. The average Bonchev–Trinajstić information content (AvgIpc) is 4.31. The number of ether oxygens (including phenoxy) is 2. The minimum Gasteiger partial charge on any atom is -0.461 e. The number of piperidine rings is 2. The molecule has 8 aliphatic rings. The summed E-state index contributed by atoms with van der Waals surface area (Å²) in [6.45, 7) is 12.1. The number of halogens is 2. The highest BCUT2D eigenvalue weighted by atomic mass is 19.1. The second-order valence-electron chi connectivity index (χ2n) is 22.8. The lowest BCUT2D eigenvalue weighted by Gasteiger charge is -2.39. The number of piperazine rings is 2. The Bertz CT molecular complexity index is 3420. The van der Waals surface area contributed by atoms with E-state index in [-0.39, 0.29) is 84.2 Å². The van der Waals surface area contributed by atoms with Gasteiger partial charge in [0.2, 0.25) is 11.8 Å². The number of carbonyl (C=O) groups excluding carboxylic acids is 5. The first-order valence-electron chi connectivity index (χ1n) is 27.7. The molecule has 5 aromatic rings. The molecular weight excluding hydrogens is 1010 g/mol. The molecule has 0 spiro atoms. The van der Waals surface area contributed by atoms with Crippen LogP contribution in [-0.4, -0.2) is 173 Å². The maximum absolute atomic E-state index is 17.3. The predicted octanol–water partition coefficient (Wildman–Crippen LogP) is 5.66. The van der Waals surface area contributed by atoms with Crippen LogP contribution in [0.25, 0.3) is 32.9 Å². The number of imide groups is 2. The van der Waals surface area contributed by atoms with Crippen molar-refractivity contribution in [1.82, 2.24) is 45.2 Å². The molecule has 13 rings (SSSR count). The molecule has 7 saturated heterocycles. The molecule has 18 nitrogen and oxygen atoms in total. The van der Waals surface area contributed by atoms with E-state index < -0.39 is 46.8 Å². The first-order chi connectivity index (χ1) is 38.3. The molecular formula is C59H61F2N11O7. The molecule has 408 valence electrons.